The van der Waals surface area contributed by atoms with Gasteiger partial charge in [-0.15, -0.1) is 0 Å². The lowest BCUT2D eigenvalue weighted by molar-refractivity contribution is -0.148. The highest BCUT2D eigenvalue weighted by Crippen LogP contribution is 2.66. The van der Waals surface area contributed by atoms with E-state index in [1.54, 1.807) is 12.3 Å². The smallest absolute Gasteiger partial charge is 0.302 e. The SMILES string of the molecule is [2H]C1=C(c2ccc([2H])nc2)[C@@]2(C)CCC3C(CC=C4C[C@@H](OC(C)=O)CC[C@@]43C)C2C1. The summed E-state index contributed by atoms with van der Waals surface area (Å²) in [6.07, 6.45) is 11.7. The highest BCUT2D eigenvalue weighted by Gasteiger charge is 2.56. The minimum atomic E-state index is -0.170. The number of carbonyl (C=O) groups is 1. The lowest BCUT2D eigenvalue weighted by atomic mass is 9.47. The molecule has 4 aliphatic carbocycles. The summed E-state index contributed by atoms with van der Waals surface area (Å²) in [6.45, 7) is 6.33. The van der Waals surface area contributed by atoms with Crippen molar-refractivity contribution >= 4 is 11.5 Å². The van der Waals surface area contributed by atoms with Crippen LogP contribution in [0.5, 0.6) is 0 Å². The van der Waals surface area contributed by atoms with E-state index in [1.807, 2.05) is 6.07 Å². The van der Waals surface area contributed by atoms with Crippen LogP contribution >= 0.6 is 0 Å². The normalized spacial score (nSPS) is 42.1. The maximum absolute atomic E-state index is 11.5. The molecule has 3 unspecified atom stereocenters. The van der Waals surface area contributed by atoms with Gasteiger partial charge >= 0.3 is 5.97 Å². The van der Waals surface area contributed by atoms with Crippen molar-refractivity contribution in [3.8, 4) is 0 Å². The Balaban J connectivity index is 1.44. The van der Waals surface area contributed by atoms with E-state index in [9.17, 15) is 4.79 Å². The van der Waals surface area contributed by atoms with Gasteiger partial charge in [0.25, 0.3) is 0 Å². The highest BCUT2D eigenvalue weighted by atomic mass is 16.5. The van der Waals surface area contributed by atoms with E-state index in [0.29, 0.717) is 17.8 Å². The number of aromatic nitrogens is 1. The average molecular weight is 394 g/mol. The number of hydrogen-bond donors (Lipinski definition) is 0. The van der Waals surface area contributed by atoms with Crippen molar-refractivity contribution < 1.29 is 12.3 Å². The van der Waals surface area contributed by atoms with Gasteiger partial charge in [0, 0.05) is 25.7 Å². The third-order valence-electron chi connectivity index (χ3n) is 8.76. The molecular weight excluding hydrogens is 358 g/mol. The van der Waals surface area contributed by atoms with E-state index in [2.05, 4.69) is 24.9 Å². The fourth-order valence-electron chi connectivity index (χ4n) is 7.28. The second-order valence-electron chi connectivity index (χ2n) is 10.1. The van der Waals surface area contributed by atoms with Crippen molar-refractivity contribution in [3.63, 3.8) is 0 Å². The van der Waals surface area contributed by atoms with Crippen molar-refractivity contribution in [2.24, 2.45) is 28.6 Å². The van der Waals surface area contributed by atoms with Gasteiger partial charge in [-0.3, -0.25) is 9.78 Å². The molecule has 2 saturated carbocycles. The fraction of sp³-hybridized carbons (Fsp3) is 0.615. The lowest BCUT2D eigenvalue weighted by Gasteiger charge is -2.57. The van der Waals surface area contributed by atoms with E-state index in [4.69, 9.17) is 7.48 Å². The number of rotatable bonds is 2. The number of hydrogen-bond acceptors (Lipinski definition) is 3. The van der Waals surface area contributed by atoms with E-state index in [1.165, 1.54) is 24.5 Å². The number of carbonyl (C=O) groups excluding carboxylic acids is 1. The van der Waals surface area contributed by atoms with Gasteiger partial charge in [0.1, 0.15) is 6.10 Å². The maximum Gasteiger partial charge on any atom is 0.302 e. The second kappa shape index (κ2) is 6.82. The maximum atomic E-state index is 11.5. The molecule has 0 radical (unpaired) electrons. The molecule has 2 fully saturated rings. The molecule has 4 aliphatic rings. The molecule has 29 heavy (non-hydrogen) atoms. The number of fused-ring (bicyclic) bond motifs is 5. The van der Waals surface area contributed by atoms with Crippen LogP contribution in [0.3, 0.4) is 0 Å². The summed E-state index contributed by atoms with van der Waals surface area (Å²) >= 11 is 0. The Morgan fingerprint density at radius 2 is 2.03 bits per heavy atom. The summed E-state index contributed by atoms with van der Waals surface area (Å²) in [5, 5.41) is 0. The van der Waals surface area contributed by atoms with Gasteiger partial charge in [-0.2, -0.15) is 0 Å². The molecular formula is C26H33NO2. The van der Waals surface area contributed by atoms with Gasteiger partial charge in [0.2, 0.25) is 0 Å². The monoisotopic (exact) mass is 393 g/mol. The Bertz CT molecular complexity index is 968. The Kier molecular flexibility index (Phi) is 3.96. The first-order valence-corrected chi connectivity index (χ1v) is 11.2. The van der Waals surface area contributed by atoms with Crippen molar-refractivity contribution in [2.75, 3.05) is 0 Å². The van der Waals surface area contributed by atoms with E-state index in [-0.39, 0.29) is 29.1 Å². The Morgan fingerprint density at radius 1 is 1.21 bits per heavy atom. The molecule has 6 atom stereocenters. The van der Waals surface area contributed by atoms with Gasteiger partial charge in [-0.05, 0) is 84.3 Å². The van der Waals surface area contributed by atoms with Gasteiger partial charge in [0.15, 0.2) is 0 Å². The van der Waals surface area contributed by atoms with Crippen LogP contribution in [-0.2, 0) is 9.53 Å². The van der Waals surface area contributed by atoms with Crippen molar-refractivity contribution in [3.05, 3.63) is 47.8 Å². The minimum absolute atomic E-state index is 0.0140. The topological polar surface area (TPSA) is 39.2 Å². The van der Waals surface area contributed by atoms with Crippen LogP contribution in [0.15, 0.2) is 42.2 Å². The minimum Gasteiger partial charge on any atom is -0.462 e. The molecule has 0 aliphatic heterocycles. The van der Waals surface area contributed by atoms with Crippen LogP contribution in [0.1, 0.15) is 74.0 Å². The van der Waals surface area contributed by atoms with E-state index < -0.39 is 0 Å². The van der Waals surface area contributed by atoms with Crippen molar-refractivity contribution in [2.45, 2.75) is 71.8 Å². The molecule has 3 heteroatoms. The molecule has 1 aromatic rings. The summed E-state index contributed by atoms with van der Waals surface area (Å²) < 4.78 is 22.1. The molecule has 5 rings (SSSR count). The Morgan fingerprint density at radius 3 is 2.79 bits per heavy atom. The number of pyridine rings is 1. The fourth-order valence-corrected chi connectivity index (χ4v) is 7.28. The average Bonchev–Trinajstić information content (AvgIpc) is 2.99. The number of allylic oxidation sites excluding steroid dienone is 3. The summed E-state index contributed by atoms with van der Waals surface area (Å²) in [6, 6.07) is 4.50. The zero-order chi connectivity index (χ0) is 22.0. The number of ether oxygens (including phenoxy) is 1. The Hall–Kier alpha value is -1.90. The van der Waals surface area contributed by atoms with Gasteiger partial charge in [0.05, 0.1) is 2.74 Å². The molecule has 1 heterocycles. The Labute approximate surface area is 177 Å². The third kappa shape index (κ3) is 2.92. The highest BCUT2D eigenvalue weighted by molar-refractivity contribution is 5.72. The van der Waals surface area contributed by atoms with E-state index in [0.717, 1.165) is 50.1 Å². The molecule has 0 aromatic carbocycles. The molecule has 0 saturated heterocycles. The van der Waals surface area contributed by atoms with E-state index >= 15 is 0 Å². The summed E-state index contributed by atoms with van der Waals surface area (Å²) in [5.41, 5.74) is 3.91. The van der Waals surface area contributed by atoms with Gasteiger partial charge in [-0.1, -0.05) is 37.6 Å². The predicted molar refractivity (Wildman–Crippen MR) is 115 cm³/mol. The lowest BCUT2D eigenvalue weighted by Crippen LogP contribution is -2.50. The predicted octanol–water partition coefficient (Wildman–Crippen LogP) is 5.97. The zero-order valence-corrected chi connectivity index (χ0v) is 17.8. The van der Waals surface area contributed by atoms with Crippen LogP contribution < -0.4 is 0 Å². The largest absolute Gasteiger partial charge is 0.462 e. The molecule has 0 spiro atoms. The first-order chi connectivity index (χ1) is 14.7. The standard InChI is InChI=1S/C26H33NO2/c1-17(28)29-20-10-12-25(2)19(15-20)6-7-21-23-9-8-22(18-5-4-14-27-16-18)26(23,3)13-11-24(21)25/h4-6,8,14,16,20-21,23-24H,7,9-13,15H2,1-3H3/t20-,21?,23?,24?,25-,26+/m0/s1/i8D,14D. The molecule has 1 aromatic heterocycles. The number of nitrogens with zero attached hydrogens (tertiary/aromatic N) is 1. The van der Waals surface area contributed by atoms with Crippen LogP contribution in [-0.4, -0.2) is 17.1 Å². The first kappa shape index (κ1) is 16.8. The second-order valence-corrected chi connectivity index (χ2v) is 10.1. The van der Waals surface area contributed by atoms with Crippen LogP contribution in [0.25, 0.3) is 5.57 Å². The third-order valence-corrected chi connectivity index (χ3v) is 8.76. The first-order valence-electron chi connectivity index (χ1n) is 12.2. The van der Waals surface area contributed by atoms with Gasteiger partial charge < -0.3 is 4.74 Å². The number of esters is 1. The molecule has 0 amide bonds. The summed E-state index contributed by atoms with van der Waals surface area (Å²) in [4.78, 5) is 15.7. The summed E-state index contributed by atoms with van der Waals surface area (Å²) in [7, 11) is 0. The molecule has 154 valence electrons. The summed E-state index contributed by atoms with van der Waals surface area (Å²) in [5.74, 6) is 1.56. The zero-order valence-electron chi connectivity index (χ0n) is 19.8. The molecule has 0 bridgehead atoms. The van der Waals surface area contributed by atoms with Crippen LogP contribution in [0, 0.1) is 28.6 Å². The van der Waals surface area contributed by atoms with Gasteiger partial charge in [-0.25, -0.2) is 0 Å². The van der Waals surface area contributed by atoms with Crippen molar-refractivity contribution in [1.29, 1.82) is 0 Å². The quantitative estimate of drug-likeness (QED) is 0.459. The van der Waals surface area contributed by atoms with Crippen LogP contribution in [0.4, 0.5) is 0 Å². The van der Waals surface area contributed by atoms with Crippen molar-refractivity contribution in [1.82, 2.24) is 4.98 Å². The molecule has 3 nitrogen and oxygen atoms in total. The van der Waals surface area contributed by atoms with Crippen LogP contribution in [0.2, 0.25) is 0 Å². The molecule has 0 N–H and O–H groups in total.